The maximum absolute atomic E-state index is 12.2. The SMILES string of the molecule is COC(=O)c1ccccc1NC(=O)CNc1cc(Cl)c(Cl)cc1C(C)=O. The summed E-state index contributed by atoms with van der Waals surface area (Å²) in [5, 5.41) is 5.99. The minimum Gasteiger partial charge on any atom is -0.465 e. The third-order valence-electron chi connectivity index (χ3n) is 3.49. The van der Waals surface area contributed by atoms with Crippen LogP contribution in [0.5, 0.6) is 0 Å². The van der Waals surface area contributed by atoms with Gasteiger partial charge in [0, 0.05) is 11.3 Å². The highest BCUT2D eigenvalue weighted by Gasteiger charge is 2.15. The van der Waals surface area contributed by atoms with E-state index in [4.69, 9.17) is 23.2 Å². The molecule has 2 aromatic carbocycles. The summed E-state index contributed by atoms with van der Waals surface area (Å²) >= 11 is 11.9. The number of para-hydroxylation sites is 1. The van der Waals surface area contributed by atoms with E-state index in [0.717, 1.165) is 0 Å². The van der Waals surface area contributed by atoms with Crippen LogP contribution in [-0.2, 0) is 9.53 Å². The number of anilines is 2. The minimum absolute atomic E-state index is 0.145. The number of halogens is 2. The van der Waals surface area contributed by atoms with Crippen molar-refractivity contribution in [3.8, 4) is 0 Å². The van der Waals surface area contributed by atoms with E-state index in [2.05, 4.69) is 15.4 Å². The van der Waals surface area contributed by atoms with Crippen LogP contribution in [0.1, 0.15) is 27.6 Å². The second-order valence-corrected chi connectivity index (χ2v) is 6.12. The number of hydrogen-bond acceptors (Lipinski definition) is 5. The zero-order valence-corrected chi connectivity index (χ0v) is 15.6. The van der Waals surface area contributed by atoms with Gasteiger partial charge in [0.1, 0.15) is 0 Å². The topological polar surface area (TPSA) is 84.5 Å². The molecular formula is C18H16Cl2N2O4. The van der Waals surface area contributed by atoms with Crippen LogP contribution in [0.25, 0.3) is 0 Å². The standard InChI is InChI=1S/C18H16Cl2N2O4/c1-10(23)12-7-13(19)14(20)8-16(12)21-9-17(24)22-15-6-4-3-5-11(15)18(25)26-2/h3-8,21H,9H2,1-2H3,(H,22,24). The van der Waals surface area contributed by atoms with Crippen LogP contribution < -0.4 is 10.6 Å². The predicted octanol–water partition coefficient (Wildman–Crippen LogP) is 4.03. The van der Waals surface area contributed by atoms with Gasteiger partial charge in [0.05, 0.1) is 35.0 Å². The Morgan fingerprint density at radius 1 is 1.00 bits per heavy atom. The number of Topliss-reactive ketones (excluding diaryl/α,β-unsaturated/α-hetero) is 1. The van der Waals surface area contributed by atoms with Crippen LogP contribution in [0.2, 0.25) is 10.0 Å². The van der Waals surface area contributed by atoms with Crippen LogP contribution in [0.15, 0.2) is 36.4 Å². The molecule has 0 aromatic heterocycles. The van der Waals surface area contributed by atoms with Gasteiger partial charge >= 0.3 is 5.97 Å². The summed E-state index contributed by atoms with van der Waals surface area (Å²) in [4.78, 5) is 35.7. The summed E-state index contributed by atoms with van der Waals surface area (Å²) in [5.74, 6) is -1.19. The average Bonchev–Trinajstić information content (AvgIpc) is 2.62. The number of carbonyl (C=O) groups is 3. The molecule has 0 bridgehead atoms. The number of methoxy groups -OCH3 is 1. The van der Waals surface area contributed by atoms with Crippen molar-refractivity contribution in [3.05, 3.63) is 57.6 Å². The Morgan fingerprint density at radius 3 is 2.31 bits per heavy atom. The molecule has 0 radical (unpaired) electrons. The van der Waals surface area contributed by atoms with Gasteiger partial charge in [-0.05, 0) is 31.2 Å². The maximum atomic E-state index is 12.2. The van der Waals surface area contributed by atoms with Gasteiger partial charge in [-0.15, -0.1) is 0 Å². The second-order valence-electron chi connectivity index (χ2n) is 5.31. The Labute approximate surface area is 160 Å². The van der Waals surface area contributed by atoms with Gasteiger partial charge in [-0.25, -0.2) is 4.79 Å². The molecule has 2 aromatic rings. The number of benzene rings is 2. The van der Waals surface area contributed by atoms with E-state index in [-0.39, 0.29) is 27.9 Å². The second kappa shape index (κ2) is 8.69. The summed E-state index contributed by atoms with van der Waals surface area (Å²) in [6.45, 7) is 1.24. The lowest BCUT2D eigenvalue weighted by molar-refractivity contribution is -0.114. The van der Waals surface area contributed by atoms with Crippen molar-refractivity contribution in [2.24, 2.45) is 0 Å². The molecule has 2 rings (SSSR count). The van der Waals surface area contributed by atoms with Crippen molar-refractivity contribution in [2.45, 2.75) is 6.92 Å². The number of amides is 1. The number of carbonyl (C=O) groups excluding carboxylic acids is 3. The highest BCUT2D eigenvalue weighted by atomic mass is 35.5. The van der Waals surface area contributed by atoms with E-state index in [9.17, 15) is 14.4 Å². The first kappa shape index (κ1) is 19.8. The minimum atomic E-state index is -0.558. The number of ether oxygens (including phenoxy) is 1. The predicted molar refractivity (Wildman–Crippen MR) is 101 cm³/mol. The number of esters is 1. The first-order valence-corrected chi connectivity index (χ1v) is 8.30. The summed E-state index contributed by atoms with van der Waals surface area (Å²) < 4.78 is 4.68. The Kier molecular flexibility index (Phi) is 6.60. The lowest BCUT2D eigenvalue weighted by Gasteiger charge is -2.13. The molecule has 0 heterocycles. The first-order valence-electron chi connectivity index (χ1n) is 7.54. The van der Waals surface area contributed by atoms with Crippen molar-refractivity contribution in [1.82, 2.24) is 0 Å². The lowest BCUT2D eigenvalue weighted by atomic mass is 10.1. The fraction of sp³-hybridized carbons (Fsp3) is 0.167. The molecule has 0 aliphatic heterocycles. The molecule has 0 atom stereocenters. The third kappa shape index (κ3) is 4.74. The molecule has 2 N–H and O–H groups in total. The third-order valence-corrected chi connectivity index (χ3v) is 4.21. The van der Waals surface area contributed by atoms with Gasteiger partial charge in [-0.2, -0.15) is 0 Å². The molecule has 0 saturated carbocycles. The van der Waals surface area contributed by atoms with E-state index in [1.807, 2.05) is 0 Å². The van der Waals surface area contributed by atoms with E-state index in [1.54, 1.807) is 24.3 Å². The maximum Gasteiger partial charge on any atom is 0.339 e. The largest absolute Gasteiger partial charge is 0.465 e. The van der Waals surface area contributed by atoms with Crippen LogP contribution in [0, 0.1) is 0 Å². The van der Waals surface area contributed by atoms with Crippen molar-refractivity contribution in [3.63, 3.8) is 0 Å². The monoisotopic (exact) mass is 394 g/mol. The molecule has 8 heteroatoms. The molecule has 6 nitrogen and oxygen atoms in total. The zero-order chi connectivity index (χ0) is 19.3. The van der Waals surface area contributed by atoms with Gasteiger partial charge in [0.15, 0.2) is 5.78 Å². The normalized spacial score (nSPS) is 10.2. The van der Waals surface area contributed by atoms with Gasteiger partial charge in [0.2, 0.25) is 5.91 Å². The van der Waals surface area contributed by atoms with Crippen molar-refractivity contribution >= 4 is 52.2 Å². The number of hydrogen-bond donors (Lipinski definition) is 2. The van der Waals surface area contributed by atoms with Gasteiger partial charge in [-0.1, -0.05) is 35.3 Å². The highest BCUT2D eigenvalue weighted by molar-refractivity contribution is 6.42. The van der Waals surface area contributed by atoms with Crippen LogP contribution in [0.4, 0.5) is 11.4 Å². The Morgan fingerprint density at radius 2 is 1.65 bits per heavy atom. The van der Waals surface area contributed by atoms with Crippen molar-refractivity contribution < 1.29 is 19.1 Å². The fourth-order valence-electron chi connectivity index (χ4n) is 2.23. The molecule has 0 unspecified atom stereocenters. The molecular weight excluding hydrogens is 379 g/mol. The summed E-state index contributed by atoms with van der Waals surface area (Å²) in [5.41, 5.74) is 1.28. The molecule has 0 spiro atoms. The lowest BCUT2D eigenvalue weighted by Crippen LogP contribution is -2.23. The molecule has 0 saturated heterocycles. The van der Waals surface area contributed by atoms with E-state index in [0.29, 0.717) is 16.9 Å². The molecule has 26 heavy (non-hydrogen) atoms. The first-order chi connectivity index (χ1) is 12.3. The Bertz CT molecular complexity index is 868. The van der Waals surface area contributed by atoms with Crippen molar-refractivity contribution in [2.75, 3.05) is 24.3 Å². The Hall–Kier alpha value is -2.57. The van der Waals surface area contributed by atoms with Crippen molar-refractivity contribution in [1.29, 1.82) is 0 Å². The highest BCUT2D eigenvalue weighted by Crippen LogP contribution is 2.29. The quantitative estimate of drug-likeness (QED) is 0.570. The fourth-order valence-corrected chi connectivity index (χ4v) is 2.56. The molecule has 0 fully saturated rings. The summed E-state index contributed by atoms with van der Waals surface area (Å²) in [6, 6.07) is 9.40. The van der Waals surface area contributed by atoms with E-state index in [1.165, 1.54) is 26.2 Å². The average molecular weight is 395 g/mol. The van der Waals surface area contributed by atoms with E-state index >= 15 is 0 Å². The number of nitrogens with one attached hydrogen (secondary N) is 2. The van der Waals surface area contributed by atoms with Gasteiger partial charge in [0.25, 0.3) is 0 Å². The van der Waals surface area contributed by atoms with Crippen LogP contribution in [-0.4, -0.2) is 31.3 Å². The molecule has 136 valence electrons. The van der Waals surface area contributed by atoms with Crippen LogP contribution >= 0.6 is 23.2 Å². The van der Waals surface area contributed by atoms with Gasteiger partial charge < -0.3 is 15.4 Å². The summed E-state index contributed by atoms with van der Waals surface area (Å²) in [6.07, 6.45) is 0. The summed E-state index contributed by atoms with van der Waals surface area (Å²) in [7, 11) is 1.26. The Balaban J connectivity index is 2.12. The van der Waals surface area contributed by atoms with Crippen LogP contribution in [0.3, 0.4) is 0 Å². The molecule has 0 aliphatic carbocycles. The number of ketones is 1. The van der Waals surface area contributed by atoms with Gasteiger partial charge in [-0.3, -0.25) is 9.59 Å². The zero-order valence-electron chi connectivity index (χ0n) is 14.1. The smallest absolute Gasteiger partial charge is 0.339 e. The molecule has 1 amide bonds. The molecule has 0 aliphatic rings. The van der Waals surface area contributed by atoms with E-state index < -0.39 is 11.9 Å². The number of rotatable bonds is 6.